The minimum absolute atomic E-state index is 0.0138. The molecule has 0 aliphatic carbocycles. The zero-order chi connectivity index (χ0) is 23.4. The molecule has 33 heavy (non-hydrogen) atoms. The third-order valence-corrected chi connectivity index (χ3v) is 8.90. The van der Waals surface area contributed by atoms with E-state index in [1.165, 1.54) is 30.3 Å². The minimum Gasteiger partial charge on any atom is -0.334 e. The highest BCUT2D eigenvalue weighted by Gasteiger charge is 2.38. The summed E-state index contributed by atoms with van der Waals surface area (Å²) in [6.45, 7) is 4.75. The number of nitrogens with one attached hydrogen (secondary N) is 1. The first-order valence-electron chi connectivity index (χ1n) is 11.6. The van der Waals surface area contributed by atoms with E-state index in [0.717, 1.165) is 42.8 Å². The summed E-state index contributed by atoms with van der Waals surface area (Å²) < 4.78 is 27.7. The van der Waals surface area contributed by atoms with E-state index >= 15 is 0 Å². The summed E-state index contributed by atoms with van der Waals surface area (Å²) in [4.78, 5) is 32.3. The molecule has 182 valence electrons. The van der Waals surface area contributed by atoms with Crippen molar-refractivity contribution in [2.45, 2.75) is 38.1 Å². The minimum atomic E-state index is -3.59. The van der Waals surface area contributed by atoms with Gasteiger partial charge in [0.05, 0.1) is 4.34 Å². The summed E-state index contributed by atoms with van der Waals surface area (Å²) >= 11 is 7.17. The highest BCUT2D eigenvalue weighted by atomic mass is 35.5. The third-order valence-electron chi connectivity index (χ3n) is 6.64. The molecule has 0 aromatic carbocycles. The Labute approximate surface area is 204 Å². The maximum atomic E-state index is 12.9. The molecular weight excluding hydrogens is 484 g/mol. The molecular formula is C22H31ClN4O4S2. The molecule has 1 aromatic rings. The van der Waals surface area contributed by atoms with Crippen LogP contribution in [0.3, 0.4) is 0 Å². The Morgan fingerprint density at radius 2 is 1.88 bits per heavy atom. The van der Waals surface area contributed by atoms with Gasteiger partial charge in [-0.05, 0) is 69.3 Å². The van der Waals surface area contributed by atoms with Crippen LogP contribution in [0.4, 0.5) is 0 Å². The fourth-order valence-corrected chi connectivity index (χ4v) is 6.79. The van der Waals surface area contributed by atoms with Crippen LogP contribution < -0.4 is 4.72 Å². The molecule has 11 heteroatoms. The van der Waals surface area contributed by atoms with Gasteiger partial charge in [-0.3, -0.25) is 9.59 Å². The molecule has 2 amide bonds. The molecule has 0 radical (unpaired) electrons. The van der Waals surface area contributed by atoms with Gasteiger partial charge in [-0.2, -0.15) is 0 Å². The van der Waals surface area contributed by atoms with Crippen LogP contribution in [-0.2, 0) is 19.6 Å². The highest BCUT2D eigenvalue weighted by Crippen LogP contribution is 2.24. The molecule has 4 rings (SSSR count). The summed E-state index contributed by atoms with van der Waals surface area (Å²) in [6.07, 6.45) is 6.48. The average Bonchev–Trinajstić information content (AvgIpc) is 3.58. The lowest BCUT2D eigenvalue weighted by Gasteiger charge is -2.29. The van der Waals surface area contributed by atoms with Crippen molar-refractivity contribution >= 4 is 50.9 Å². The van der Waals surface area contributed by atoms with Gasteiger partial charge in [-0.1, -0.05) is 11.6 Å². The second-order valence-electron chi connectivity index (χ2n) is 9.05. The standard InChI is InChI=1S/C22H31ClN4O4S2/c23-20-6-5-19(32-20)8-13-33(30,31)24-14-17-7-12-26(15-17)21(28)22(29)27-11-3-4-18(27)16-25-9-1-2-10-25/h5-6,8,13,17-18,24H,1-4,7,9-12,14-16H2/t17-,18-/m0/s1. The first-order valence-corrected chi connectivity index (χ1v) is 14.3. The SMILES string of the molecule is O=C(C(=O)N1CCC[C@H]1CN1CCCC1)N1CC[C@@H](CNS(=O)(=O)C=Cc2ccc(Cl)s2)C1. The Morgan fingerprint density at radius 1 is 1.09 bits per heavy atom. The Bertz CT molecular complexity index is 990. The maximum absolute atomic E-state index is 12.9. The molecule has 2 atom stereocenters. The van der Waals surface area contributed by atoms with Gasteiger partial charge in [0.2, 0.25) is 10.0 Å². The molecule has 3 fully saturated rings. The van der Waals surface area contributed by atoms with E-state index < -0.39 is 21.8 Å². The summed E-state index contributed by atoms with van der Waals surface area (Å²) in [5.74, 6) is -0.876. The van der Waals surface area contributed by atoms with Crippen LogP contribution in [0.2, 0.25) is 4.34 Å². The van der Waals surface area contributed by atoms with Gasteiger partial charge < -0.3 is 14.7 Å². The van der Waals surface area contributed by atoms with Gasteiger partial charge in [-0.15, -0.1) is 11.3 Å². The lowest BCUT2D eigenvalue weighted by molar-refractivity contribution is -0.152. The zero-order valence-corrected chi connectivity index (χ0v) is 21.0. The third kappa shape index (κ3) is 6.57. The number of thiophene rings is 1. The largest absolute Gasteiger partial charge is 0.334 e. The molecule has 0 saturated carbocycles. The second kappa shape index (κ2) is 10.9. The summed E-state index contributed by atoms with van der Waals surface area (Å²) in [7, 11) is -3.59. The van der Waals surface area contributed by atoms with E-state index in [9.17, 15) is 18.0 Å². The fraction of sp³-hybridized carbons (Fsp3) is 0.636. The van der Waals surface area contributed by atoms with E-state index in [0.29, 0.717) is 30.4 Å². The lowest BCUT2D eigenvalue weighted by atomic mass is 10.1. The van der Waals surface area contributed by atoms with Crippen molar-refractivity contribution in [2.24, 2.45) is 5.92 Å². The fourth-order valence-electron chi connectivity index (χ4n) is 4.85. The van der Waals surface area contributed by atoms with Gasteiger partial charge in [0.15, 0.2) is 0 Å². The molecule has 0 spiro atoms. The summed E-state index contributed by atoms with van der Waals surface area (Å²) in [6, 6.07) is 3.59. The van der Waals surface area contributed by atoms with E-state index in [2.05, 4.69) is 9.62 Å². The Kier molecular flexibility index (Phi) is 8.11. The van der Waals surface area contributed by atoms with Gasteiger partial charge in [0.1, 0.15) is 0 Å². The molecule has 4 heterocycles. The molecule has 8 nitrogen and oxygen atoms in total. The van der Waals surface area contributed by atoms with Crippen LogP contribution in [0.5, 0.6) is 0 Å². The van der Waals surface area contributed by atoms with Gasteiger partial charge in [0.25, 0.3) is 0 Å². The predicted molar refractivity (Wildman–Crippen MR) is 130 cm³/mol. The van der Waals surface area contributed by atoms with E-state index in [1.54, 1.807) is 21.9 Å². The number of nitrogens with zero attached hydrogens (tertiary/aromatic N) is 3. The van der Waals surface area contributed by atoms with E-state index in [4.69, 9.17) is 11.6 Å². The highest BCUT2D eigenvalue weighted by molar-refractivity contribution is 7.92. The topological polar surface area (TPSA) is 90.0 Å². The second-order valence-corrected chi connectivity index (χ2v) is 12.4. The number of halogens is 1. The van der Waals surface area contributed by atoms with Gasteiger partial charge >= 0.3 is 11.8 Å². The molecule has 3 saturated heterocycles. The number of hydrogen-bond donors (Lipinski definition) is 1. The van der Waals surface area contributed by atoms with Crippen molar-refractivity contribution in [1.29, 1.82) is 0 Å². The quantitative estimate of drug-likeness (QED) is 0.563. The van der Waals surface area contributed by atoms with Crippen LogP contribution in [0.1, 0.15) is 37.0 Å². The van der Waals surface area contributed by atoms with Crippen LogP contribution in [0.15, 0.2) is 17.5 Å². The lowest BCUT2D eigenvalue weighted by Crippen LogP contribution is -2.49. The van der Waals surface area contributed by atoms with Crippen molar-refractivity contribution in [3.8, 4) is 0 Å². The predicted octanol–water partition coefficient (Wildman–Crippen LogP) is 2.23. The van der Waals surface area contributed by atoms with Crippen LogP contribution in [-0.4, -0.2) is 86.8 Å². The number of rotatable bonds is 7. The van der Waals surface area contributed by atoms with Crippen LogP contribution in [0.25, 0.3) is 6.08 Å². The number of carbonyl (C=O) groups excluding carboxylic acids is 2. The molecule has 0 bridgehead atoms. The number of likely N-dealkylation sites (tertiary alicyclic amines) is 3. The molecule has 0 unspecified atom stereocenters. The number of carbonyl (C=O) groups is 2. The number of sulfonamides is 1. The van der Waals surface area contributed by atoms with E-state index in [1.807, 2.05) is 0 Å². The van der Waals surface area contributed by atoms with Crippen molar-refractivity contribution in [3.63, 3.8) is 0 Å². The normalized spacial score (nSPS) is 24.4. The Morgan fingerprint density at radius 3 is 2.61 bits per heavy atom. The summed E-state index contributed by atoms with van der Waals surface area (Å²) in [5.41, 5.74) is 0. The van der Waals surface area contributed by atoms with Crippen molar-refractivity contribution in [1.82, 2.24) is 19.4 Å². The summed E-state index contributed by atoms with van der Waals surface area (Å²) in [5, 5.41) is 1.13. The first-order chi connectivity index (χ1) is 15.8. The smallest absolute Gasteiger partial charge is 0.312 e. The molecule has 1 N–H and O–H groups in total. The van der Waals surface area contributed by atoms with Crippen molar-refractivity contribution in [2.75, 3.05) is 45.8 Å². The van der Waals surface area contributed by atoms with Crippen molar-refractivity contribution in [3.05, 3.63) is 26.8 Å². The first kappa shape index (κ1) is 24.7. The van der Waals surface area contributed by atoms with Crippen molar-refractivity contribution < 1.29 is 18.0 Å². The Hall–Kier alpha value is -1.46. The molecule has 3 aliphatic rings. The van der Waals surface area contributed by atoms with E-state index in [-0.39, 0.29) is 18.5 Å². The number of amides is 2. The Balaban J connectivity index is 1.25. The van der Waals surface area contributed by atoms with Gasteiger partial charge in [0, 0.05) is 49.1 Å². The zero-order valence-electron chi connectivity index (χ0n) is 18.6. The maximum Gasteiger partial charge on any atom is 0.312 e. The van der Waals surface area contributed by atoms with Gasteiger partial charge in [-0.25, -0.2) is 13.1 Å². The van der Waals surface area contributed by atoms with Crippen LogP contribution in [0, 0.1) is 5.92 Å². The monoisotopic (exact) mass is 514 g/mol. The van der Waals surface area contributed by atoms with Crippen LogP contribution >= 0.6 is 22.9 Å². The number of hydrogen-bond acceptors (Lipinski definition) is 6. The molecule has 3 aliphatic heterocycles. The average molecular weight is 515 g/mol. The molecule has 1 aromatic heterocycles.